The van der Waals surface area contributed by atoms with Gasteiger partial charge in [-0.1, -0.05) is 0 Å². The van der Waals surface area contributed by atoms with Crippen LogP contribution in [-0.4, -0.2) is 15.8 Å². The molecule has 3 nitrogen and oxygen atoms in total. The van der Waals surface area contributed by atoms with Crippen molar-refractivity contribution in [3.05, 3.63) is 51.8 Å². The first-order chi connectivity index (χ1) is 9.63. The van der Waals surface area contributed by atoms with Crippen molar-refractivity contribution in [1.29, 1.82) is 0 Å². The van der Waals surface area contributed by atoms with E-state index in [1.165, 1.54) is 25.0 Å². The molecule has 0 unspecified atom stereocenters. The maximum atomic E-state index is 13.9. The number of rotatable bonds is 5. The second-order valence-electron chi connectivity index (χ2n) is 5.02. The Balaban J connectivity index is 1.72. The summed E-state index contributed by atoms with van der Waals surface area (Å²) < 4.78 is 29.4. The van der Waals surface area contributed by atoms with Crippen LogP contribution in [0.2, 0.25) is 0 Å². The molecule has 0 radical (unpaired) electrons. The highest BCUT2D eigenvalue weighted by Gasteiger charge is 2.20. The first-order valence-electron chi connectivity index (χ1n) is 6.50. The van der Waals surface area contributed by atoms with Crippen LogP contribution in [0.5, 0.6) is 0 Å². The maximum absolute atomic E-state index is 13.9. The van der Waals surface area contributed by atoms with Gasteiger partial charge in [0.2, 0.25) is 0 Å². The van der Waals surface area contributed by atoms with E-state index >= 15 is 0 Å². The predicted octanol–water partition coefficient (Wildman–Crippen LogP) is 3.22. The topological polar surface area (TPSA) is 29.9 Å². The van der Waals surface area contributed by atoms with E-state index in [-0.39, 0.29) is 16.6 Å². The zero-order chi connectivity index (χ0) is 14.1. The predicted molar refractivity (Wildman–Crippen MR) is 75.2 cm³/mol. The van der Waals surface area contributed by atoms with Crippen LogP contribution in [0.25, 0.3) is 0 Å². The Morgan fingerprint density at radius 1 is 1.35 bits per heavy atom. The van der Waals surface area contributed by atoms with Crippen molar-refractivity contribution in [2.75, 3.05) is 0 Å². The van der Waals surface area contributed by atoms with E-state index in [4.69, 9.17) is 0 Å². The summed E-state index contributed by atoms with van der Waals surface area (Å²) in [6, 6.07) is 3.24. The van der Waals surface area contributed by atoms with Crippen LogP contribution in [0.15, 0.2) is 29.0 Å². The molecule has 1 saturated carbocycles. The van der Waals surface area contributed by atoms with Crippen molar-refractivity contribution in [3.8, 4) is 0 Å². The molecule has 1 aromatic heterocycles. The molecule has 1 N–H and O–H groups in total. The number of nitrogens with one attached hydrogen (secondary N) is 1. The van der Waals surface area contributed by atoms with Gasteiger partial charge in [-0.05, 0) is 40.9 Å². The van der Waals surface area contributed by atoms with Gasteiger partial charge in [-0.25, -0.2) is 8.78 Å². The van der Waals surface area contributed by atoms with E-state index in [1.54, 1.807) is 10.9 Å². The standard InChI is InChI=1S/C14H14BrF2N3/c15-12-3-4-13(16)11(14(12)17)8-20-7-9(6-19-20)5-18-10-1-2-10/h3-4,6-7,10,18H,1-2,5,8H2. The van der Waals surface area contributed by atoms with Gasteiger partial charge in [-0.3, -0.25) is 4.68 Å². The Bertz CT molecular complexity index is 623. The van der Waals surface area contributed by atoms with Crippen LogP contribution in [0.1, 0.15) is 24.0 Å². The van der Waals surface area contributed by atoms with Crippen molar-refractivity contribution < 1.29 is 8.78 Å². The Hall–Kier alpha value is -1.27. The van der Waals surface area contributed by atoms with Gasteiger partial charge in [0, 0.05) is 29.9 Å². The minimum atomic E-state index is -0.571. The lowest BCUT2D eigenvalue weighted by molar-refractivity contribution is 0.529. The van der Waals surface area contributed by atoms with Crippen LogP contribution in [-0.2, 0) is 13.1 Å². The first-order valence-corrected chi connectivity index (χ1v) is 7.30. The molecule has 1 aliphatic rings. The van der Waals surface area contributed by atoms with Crippen molar-refractivity contribution in [2.24, 2.45) is 0 Å². The molecule has 3 rings (SSSR count). The smallest absolute Gasteiger partial charge is 0.145 e. The molecule has 0 atom stereocenters. The van der Waals surface area contributed by atoms with E-state index < -0.39 is 11.6 Å². The van der Waals surface area contributed by atoms with E-state index in [1.807, 2.05) is 6.20 Å². The van der Waals surface area contributed by atoms with Crippen LogP contribution in [0, 0.1) is 11.6 Å². The largest absolute Gasteiger partial charge is 0.310 e. The molecule has 1 heterocycles. The minimum Gasteiger partial charge on any atom is -0.310 e. The molecule has 1 aliphatic carbocycles. The Morgan fingerprint density at radius 3 is 2.90 bits per heavy atom. The van der Waals surface area contributed by atoms with Gasteiger partial charge in [0.1, 0.15) is 11.6 Å². The van der Waals surface area contributed by atoms with Crippen molar-refractivity contribution >= 4 is 15.9 Å². The van der Waals surface area contributed by atoms with Crippen LogP contribution >= 0.6 is 15.9 Å². The second kappa shape index (κ2) is 5.61. The molecule has 106 valence electrons. The lowest BCUT2D eigenvalue weighted by Gasteiger charge is -2.06. The van der Waals surface area contributed by atoms with Gasteiger partial charge in [0.25, 0.3) is 0 Å². The second-order valence-corrected chi connectivity index (χ2v) is 5.88. The highest BCUT2D eigenvalue weighted by Crippen LogP contribution is 2.22. The summed E-state index contributed by atoms with van der Waals surface area (Å²) in [5.41, 5.74) is 1.04. The third kappa shape index (κ3) is 3.07. The summed E-state index contributed by atoms with van der Waals surface area (Å²) in [4.78, 5) is 0. The summed E-state index contributed by atoms with van der Waals surface area (Å²) in [5, 5.41) is 7.52. The van der Waals surface area contributed by atoms with Gasteiger partial charge >= 0.3 is 0 Å². The number of nitrogens with zero attached hydrogens (tertiary/aromatic N) is 2. The summed E-state index contributed by atoms with van der Waals surface area (Å²) >= 11 is 3.07. The van der Waals surface area contributed by atoms with E-state index in [2.05, 4.69) is 26.3 Å². The summed E-state index contributed by atoms with van der Waals surface area (Å²) in [7, 11) is 0. The van der Waals surface area contributed by atoms with Gasteiger partial charge in [-0.15, -0.1) is 0 Å². The average Bonchev–Trinajstić information content (AvgIpc) is 3.16. The summed E-state index contributed by atoms with van der Waals surface area (Å²) in [5.74, 6) is -1.13. The van der Waals surface area contributed by atoms with E-state index in [0.29, 0.717) is 6.04 Å². The van der Waals surface area contributed by atoms with Gasteiger partial charge in [0.15, 0.2) is 0 Å². The minimum absolute atomic E-state index is 0.0178. The molecule has 20 heavy (non-hydrogen) atoms. The Labute approximate surface area is 124 Å². The van der Waals surface area contributed by atoms with Crippen molar-refractivity contribution in [2.45, 2.75) is 32.0 Å². The first kappa shape index (κ1) is 13.7. The molecule has 2 aromatic rings. The Morgan fingerprint density at radius 2 is 2.15 bits per heavy atom. The molecule has 0 amide bonds. The molecule has 1 aromatic carbocycles. The number of aromatic nitrogens is 2. The quantitative estimate of drug-likeness (QED) is 0.846. The van der Waals surface area contributed by atoms with E-state index in [0.717, 1.165) is 12.1 Å². The van der Waals surface area contributed by atoms with Crippen LogP contribution in [0.4, 0.5) is 8.78 Å². The molecular weight excluding hydrogens is 328 g/mol. The van der Waals surface area contributed by atoms with Gasteiger partial charge < -0.3 is 5.32 Å². The molecule has 1 fully saturated rings. The lowest BCUT2D eigenvalue weighted by atomic mass is 10.2. The maximum Gasteiger partial charge on any atom is 0.145 e. The fraction of sp³-hybridized carbons (Fsp3) is 0.357. The van der Waals surface area contributed by atoms with Gasteiger partial charge in [0.05, 0.1) is 17.2 Å². The van der Waals surface area contributed by atoms with E-state index in [9.17, 15) is 8.78 Å². The fourth-order valence-electron chi connectivity index (χ4n) is 2.01. The Kier molecular flexibility index (Phi) is 3.85. The normalized spacial score (nSPS) is 14.8. The fourth-order valence-corrected chi connectivity index (χ4v) is 2.38. The number of benzene rings is 1. The summed E-state index contributed by atoms with van der Waals surface area (Å²) in [6.45, 7) is 0.828. The number of halogens is 3. The molecule has 6 heteroatoms. The highest BCUT2D eigenvalue weighted by molar-refractivity contribution is 9.10. The zero-order valence-electron chi connectivity index (χ0n) is 10.7. The number of hydrogen-bond donors (Lipinski definition) is 1. The molecule has 0 bridgehead atoms. The van der Waals surface area contributed by atoms with Crippen LogP contribution in [0.3, 0.4) is 0 Å². The van der Waals surface area contributed by atoms with Gasteiger partial charge in [-0.2, -0.15) is 5.10 Å². The summed E-state index contributed by atoms with van der Waals surface area (Å²) in [6.07, 6.45) is 5.99. The molecule has 0 aliphatic heterocycles. The lowest BCUT2D eigenvalue weighted by Crippen LogP contribution is -2.14. The van der Waals surface area contributed by atoms with Crippen molar-refractivity contribution in [1.82, 2.24) is 15.1 Å². The molecular formula is C14H14BrF2N3. The zero-order valence-corrected chi connectivity index (χ0v) is 12.3. The molecule has 0 saturated heterocycles. The number of hydrogen-bond acceptors (Lipinski definition) is 2. The third-order valence-electron chi connectivity index (χ3n) is 3.32. The van der Waals surface area contributed by atoms with Crippen LogP contribution < -0.4 is 5.32 Å². The average molecular weight is 342 g/mol. The highest BCUT2D eigenvalue weighted by atomic mass is 79.9. The monoisotopic (exact) mass is 341 g/mol. The third-order valence-corrected chi connectivity index (χ3v) is 3.93. The molecule has 0 spiro atoms. The van der Waals surface area contributed by atoms with Crippen molar-refractivity contribution in [3.63, 3.8) is 0 Å². The SMILES string of the molecule is Fc1ccc(Br)c(F)c1Cn1cc(CNC2CC2)cn1.